The van der Waals surface area contributed by atoms with E-state index in [0.717, 1.165) is 18.0 Å². The molecule has 0 aliphatic rings. The van der Waals surface area contributed by atoms with E-state index in [0.29, 0.717) is 18.7 Å². The molecule has 0 fully saturated rings. The molecule has 0 amide bonds. The van der Waals surface area contributed by atoms with E-state index >= 15 is 0 Å². The van der Waals surface area contributed by atoms with Crippen LogP contribution in [0.15, 0.2) is 36.0 Å². The molecule has 0 N–H and O–H groups in total. The Labute approximate surface area is 131 Å². The first-order chi connectivity index (χ1) is 10.8. The van der Waals surface area contributed by atoms with Gasteiger partial charge in [-0.3, -0.25) is 4.68 Å². The molecule has 2 rings (SSSR count). The highest BCUT2D eigenvalue weighted by Gasteiger charge is 2.37. The smallest absolute Gasteiger partial charge is 0.468 e. The van der Waals surface area contributed by atoms with E-state index in [9.17, 15) is 13.2 Å². The van der Waals surface area contributed by atoms with Gasteiger partial charge in [0.2, 0.25) is 0 Å². The van der Waals surface area contributed by atoms with Crippen LogP contribution < -0.4 is 0 Å². The van der Waals surface area contributed by atoms with Crippen molar-refractivity contribution in [3.8, 4) is 0 Å². The lowest BCUT2D eigenvalue weighted by Gasteiger charge is -2.09. The molecular formula is C15H16F3N3O2. The minimum Gasteiger partial charge on any atom is -0.478 e. The zero-order valence-corrected chi connectivity index (χ0v) is 12.7. The molecule has 8 heteroatoms. The highest BCUT2D eigenvalue weighted by molar-refractivity contribution is 5.89. The van der Waals surface area contributed by atoms with Gasteiger partial charge in [-0.05, 0) is 12.1 Å². The fourth-order valence-corrected chi connectivity index (χ4v) is 1.97. The summed E-state index contributed by atoms with van der Waals surface area (Å²) in [5.41, 5.74) is 1.15. The monoisotopic (exact) mass is 327 g/mol. The van der Waals surface area contributed by atoms with E-state index in [1.165, 1.54) is 0 Å². The molecule has 0 saturated heterocycles. The van der Waals surface area contributed by atoms with Crippen molar-refractivity contribution in [1.82, 2.24) is 9.78 Å². The quantitative estimate of drug-likeness (QED) is 0.625. The number of hydrogen-bond acceptors (Lipinski definition) is 4. The average molecular weight is 327 g/mol. The summed E-state index contributed by atoms with van der Waals surface area (Å²) in [4.78, 5) is 3.43. The van der Waals surface area contributed by atoms with E-state index in [2.05, 4.69) is 21.4 Å². The van der Waals surface area contributed by atoms with Crippen LogP contribution in [-0.4, -0.2) is 42.7 Å². The number of ether oxygens (including phenoxy) is 2. The van der Waals surface area contributed by atoms with Gasteiger partial charge < -0.3 is 9.47 Å². The molecule has 0 saturated carbocycles. The minimum absolute atomic E-state index is 0.0364. The fraction of sp³-hybridized carbons (Fsp3) is 0.333. The highest BCUT2D eigenvalue weighted by Crippen LogP contribution is 2.24. The zero-order valence-electron chi connectivity index (χ0n) is 12.7. The Balaban J connectivity index is 2.29. The molecule has 2 aromatic rings. The van der Waals surface area contributed by atoms with Crippen molar-refractivity contribution in [2.24, 2.45) is 4.99 Å². The first-order valence-electron chi connectivity index (χ1n) is 6.70. The third kappa shape index (κ3) is 4.10. The summed E-state index contributed by atoms with van der Waals surface area (Å²) < 4.78 is 48.9. The van der Waals surface area contributed by atoms with Crippen molar-refractivity contribution in [2.75, 3.05) is 20.8 Å². The average Bonchev–Trinajstić information content (AvgIpc) is 2.90. The molecular weight excluding hydrogens is 311 g/mol. The first-order valence-corrected chi connectivity index (χ1v) is 6.70. The molecule has 1 aromatic carbocycles. The number of halogens is 3. The van der Waals surface area contributed by atoms with E-state index in [1.54, 1.807) is 36.2 Å². The van der Waals surface area contributed by atoms with Crippen molar-refractivity contribution in [3.63, 3.8) is 0 Å². The maximum atomic E-state index is 12.6. The Hall–Kier alpha value is -2.35. The van der Waals surface area contributed by atoms with E-state index in [1.807, 2.05) is 0 Å². The summed E-state index contributed by atoms with van der Waals surface area (Å²) in [6.45, 7) is 4.67. The normalized spacial score (nSPS) is 12.7. The number of aromatic nitrogens is 2. The largest absolute Gasteiger partial charge is 0.478 e. The van der Waals surface area contributed by atoms with Crippen LogP contribution >= 0.6 is 0 Å². The fourth-order valence-electron chi connectivity index (χ4n) is 1.97. The van der Waals surface area contributed by atoms with Crippen LogP contribution in [0.1, 0.15) is 5.56 Å². The predicted molar refractivity (Wildman–Crippen MR) is 81.1 cm³/mol. The summed E-state index contributed by atoms with van der Waals surface area (Å²) in [5, 5.41) is 5.11. The topological polar surface area (TPSA) is 48.6 Å². The molecule has 124 valence electrons. The summed E-state index contributed by atoms with van der Waals surface area (Å²) in [6, 6.07) is 5.00. The molecule has 0 atom stereocenters. The molecule has 1 aromatic heterocycles. The third-order valence-electron chi connectivity index (χ3n) is 3.08. The molecule has 0 radical (unpaired) electrons. The molecule has 1 heterocycles. The maximum absolute atomic E-state index is 12.6. The van der Waals surface area contributed by atoms with Crippen molar-refractivity contribution in [3.05, 3.63) is 36.5 Å². The van der Waals surface area contributed by atoms with Crippen LogP contribution in [0.3, 0.4) is 0 Å². The van der Waals surface area contributed by atoms with Crippen molar-refractivity contribution < 1.29 is 22.6 Å². The lowest BCUT2D eigenvalue weighted by atomic mass is 10.1. The predicted octanol–water partition coefficient (Wildman–Crippen LogP) is 3.26. The van der Waals surface area contributed by atoms with Gasteiger partial charge >= 0.3 is 6.18 Å². The minimum atomic E-state index is -4.66. The first kappa shape index (κ1) is 17.0. The van der Waals surface area contributed by atoms with Gasteiger partial charge in [-0.25, -0.2) is 4.99 Å². The van der Waals surface area contributed by atoms with Gasteiger partial charge in [0, 0.05) is 24.3 Å². The second-order valence-corrected chi connectivity index (χ2v) is 4.72. The summed E-state index contributed by atoms with van der Waals surface area (Å²) in [5.74, 6) is -1.33. The van der Waals surface area contributed by atoms with Crippen molar-refractivity contribution in [1.29, 1.82) is 0 Å². The molecule has 23 heavy (non-hydrogen) atoms. The third-order valence-corrected chi connectivity index (χ3v) is 3.08. The van der Waals surface area contributed by atoms with Gasteiger partial charge in [0.05, 0.1) is 31.5 Å². The number of benzene rings is 1. The Morgan fingerprint density at radius 1 is 1.35 bits per heavy atom. The Kier molecular flexibility index (Phi) is 5.05. The molecule has 5 nitrogen and oxygen atoms in total. The molecule has 0 aliphatic heterocycles. The number of alkyl halides is 3. The van der Waals surface area contributed by atoms with Gasteiger partial charge in [-0.2, -0.15) is 18.3 Å². The molecule has 0 unspecified atom stereocenters. The van der Waals surface area contributed by atoms with E-state index in [4.69, 9.17) is 4.74 Å². The second kappa shape index (κ2) is 6.82. The Morgan fingerprint density at radius 2 is 2.09 bits per heavy atom. The SMILES string of the molecule is C=C(/N=C(\OC)C(F)(F)F)c1ccc2nn(CCOC)cc2c1. The lowest BCUT2D eigenvalue weighted by Crippen LogP contribution is -2.24. The van der Waals surface area contributed by atoms with Crippen LogP contribution in [0.5, 0.6) is 0 Å². The van der Waals surface area contributed by atoms with Gasteiger partial charge in [-0.1, -0.05) is 12.6 Å². The summed E-state index contributed by atoms with van der Waals surface area (Å²) in [7, 11) is 2.51. The van der Waals surface area contributed by atoms with Gasteiger partial charge in [0.1, 0.15) is 0 Å². The van der Waals surface area contributed by atoms with Crippen LogP contribution in [-0.2, 0) is 16.0 Å². The van der Waals surface area contributed by atoms with Gasteiger partial charge in [0.15, 0.2) is 0 Å². The number of rotatable bonds is 5. The van der Waals surface area contributed by atoms with Crippen LogP contribution in [0.25, 0.3) is 16.6 Å². The van der Waals surface area contributed by atoms with Crippen LogP contribution in [0.4, 0.5) is 13.2 Å². The van der Waals surface area contributed by atoms with Crippen LogP contribution in [0.2, 0.25) is 0 Å². The Bertz CT molecular complexity index is 735. The van der Waals surface area contributed by atoms with E-state index < -0.39 is 12.1 Å². The number of methoxy groups -OCH3 is 2. The van der Waals surface area contributed by atoms with Crippen molar-refractivity contribution in [2.45, 2.75) is 12.7 Å². The molecule has 0 aliphatic carbocycles. The standard InChI is InChI=1S/C15H16F3N3O2/c1-10(19-14(23-3)15(16,17)18)11-4-5-13-12(8-11)9-21(20-13)6-7-22-2/h4-5,8-9H,1,6-7H2,2-3H3/b19-14-. The molecule has 0 spiro atoms. The van der Waals surface area contributed by atoms with E-state index in [-0.39, 0.29) is 5.70 Å². The number of aliphatic imine (C=N–C) groups is 1. The van der Waals surface area contributed by atoms with Gasteiger partial charge in [-0.15, -0.1) is 0 Å². The molecule has 0 bridgehead atoms. The van der Waals surface area contributed by atoms with Gasteiger partial charge in [0.25, 0.3) is 5.90 Å². The lowest BCUT2D eigenvalue weighted by molar-refractivity contribution is -0.0754. The zero-order chi connectivity index (χ0) is 17.0. The van der Waals surface area contributed by atoms with Crippen LogP contribution in [0, 0.1) is 0 Å². The second-order valence-electron chi connectivity index (χ2n) is 4.72. The summed E-state index contributed by atoms with van der Waals surface area (Å²) >= 11 is 0. The Morgan fingerprint density at radius 3 is 2.70 bits per heavy atom. The van der Waals surface area contributed by atoms with Crippen molar-refractivity contribution >= 4 is 22.5 Å². The summed E-state index contributed by atoms with van der Waals surface area (Å²) in [6.07, 6.45) is -2.87. The number of fused-ring (bicyclic) bond motifs is 1. The number of nitrogens with zero attached hydrogens (tertiary/aromatic N) is 3. The maximum Gasteiger partial charge on any atom is 0.468 e. The highest BCUT2D eigenvalue weighted by atomic mass is 19.4. The number of hydrogen-bond donors (Lipinski definition) is 0.